The smallest absolute Gasteiger partial charge is 0.338 e. The Morgan fingerprint density at radius 3 is 2.62 bits per heavy atom. The topological polar surface area (TPSA) is 65.2 Å². The van der Waals surface area contributed by atoms with Crippen LogP contribution in [0.5, 0.6) is 0 Å². The van der Waals surface area contributed by atoms with Gasteiger partial charge < -0.3 is 9.15 Å². The summed E-state index contributed by atoms with van der Waals surface area (Å²) in [6, 6.07) is 13.4. The lowest BCUT2D eigenvalue weighted by molar-refractivity contribution is 0.0437. The molecule has 0 radical (unpaired) electrons. The van der Waals surface area contributed by atoms with Crippen LogP contribution in [0.15, 0.2) is 46.9 Å². The molecule has 0 N–H and O–H groups in total. The zero-order valence-corrected chi connectivity index (χ0v) is 13.9. The molecule has 0 atom stereocenters. The van der Waals surface area contributed by atoms with Crippen LogP contribution in [-0.4, -0.2) is 16.2 Å². The minimum atomic E-state index is -0.397. The van der Waals surface area contributed by atoms with E-state index < -0.39 is 5.97 Å². The van der Waals surface area contributed by atoms with E-state index in [1.54, 1.807) is 0 Å². The number of carbonyl (C=O) groups is 1. The number of rotatable bonds is 4. The van der Waals surface area contributed by atoms with Crippen LogP contribution < -0.4 is 0 Å². The van der Waals surface area contributed by atoms with Crippen molar-refractivity contribution in [2.24, 2.45) is 0 Å². The molecule has 3 aromatic rings. The molecule has 1 aromatic heterocycles. The summed E-state index contributed by atoms with van der Waals surface area (Å²) in [6.45, 7) is 5.75. The van der Waals surface area contributed by atoms with E-state index in [9.17, 15) is 4.79 Å². The molecule has 0 bridgehead atoms. The highest BCUT2D eigenvalue weighted by Crippen LogP contribution is 2.19. The Balaban J connectivity index is 1.69. The van der Waals surface area contributed by atoms with E-state index in [0.29, 0.717) is 11.5 Å². The average Bonchev–Trinajstić information content (AvgIpc) is 3.04. The Bertz CT molecular complexity index is 884. The molecule has 0 amide bonds. The third kappa shape index (κ3) is 3.51. The number of hydrogen-bond acceptors (Lipinski definition) is 5. The van der Waals surface area contributed by atoms with Crippen LogP contribution in [0.25, 0.3) is 11.5 Å². The summed E-state index contributed by atoms with van der Waals surface area (Å²) in [7, 11) is 0. The third-order valence-electron chi connectivity index (χ3n) is 3.67. The number of aromatic nitrogens is 2. The molecule has 2 aromatic carbocycles. The van der Waals surface area contributed by atoms with Gasteiger partial charge in [0.1, 0.15) is 0 Å². The van der Waals surface area contributed by atoms with Crippen LogP contribution >= 0.6 is 0 Å². The van der Waals surface area contributed by atoms with Gasteiger partial charge in [0.2, 0.25) is 5.89 Å². The Morgan fingerprint density at radius 2 is 1.83 bits per heavy atom. The Kier molecular flexibility index (Phi) is 4.42. The first kappa shape index (κ1) is 15.9. The second-order valence-corrected chi connectivity index (χ2v) is 5.76. The van der Waals surface area contributed by atoms with Crippen LogP contribution in [0.2, 0.25) is 0 Å². The van der Waals surface area contributed by atoms with Crippen molar-refractivity contribution in [2.75, 3.05) is 0 Å². The lowest BCUT2D eigenvalue weighted by Gasteiger charge is -2.06. The van der Waals surface area contributed by atoms with Gasteiger partial charge in [-0.2, -0.15) is 0 Å². The SMILES string of the molecule is Cc1cccc(-c2nnc(COC(=O)c3cc(C)ccc3C)o2)c1. The van der Waals surface area contributed by atoms with E-state index in [0.717, 1.165) is 22.3 Å². The second-order valence-electron chi connectivity index (χ2n) is 5.76. The Labute approximate surface area is 140 Å². The van der Waals surface area contributed by atoms with E-state index in [-0.39, 0.29) is 12.5 Å². The van der Waals surface area contributed by atoms with Gasteiger partial charge in [0.15, 0.2) is 6.61 Å². The van der Waals surface area contributed by atoms with Gasteiger partial charge in [0, 0.05) is 5.56 Å². The fourth-order valence-electron chi connectivity index (χ4n) is 2.37. The summed E-state index contributed by atoms with van der Waals surface area (Å²) in [5, 5.41) is 7.94. The summed E-state index contributed by atoms with van der Waals surface area (Å²) < 4.78 is 10.9. The van der Waals surface area contributed by atoms with Crippen LogP contribution in [0.3, 0.4) is 0 Å². The molecule has 0 unspecified atom stereocenters. The summed E-state index contributed by atoms with van der Waals surface area (Å²) in [5.41, 5.74) is 4.38. The maximum atomic E-state index is 12.2. The van der Waals surface area contributed by atoms with Gasteiger partial charge in [-0.3, -0.25) is 0 Å². The molecule has 0 saturated carbocycles. The van der Waals surface area contributed by atoms with Crippen molar-refractivity contribution in [3.8, 4) is 11.5 Å². The van der Waals surface area contributed by atoms with Crippen molar-refractivity contribution in [3.05, 3.63) is 70.6 Å². The molecule has 24 heavy (non-hydrogen) atoms. The molecule has 1 heterocycles. The van der Waals surface area contributed by atoms with Gasteiger partial charge in [-0.1, -0.05) is 35.4 Å². The Morgan fingerprint density at radius 1 is 1.04 bits per heavy atom. The molecular weight excluding hydrogens is 304 g/mol. The highest BCUT2D eigenvalue weighted by atomic mass is 16.5. The van der Waals surface area contributed by atoms with Crippen LogP contribution in [-0.2, 0) is 11.3 Å². The number of aryl methyl sites for hydroxylation is 3. The van der Waals surface area contributed by atoms with Crippen molar-refractivity contribution in [2.45, 2.75) is 27.4 Å². The molecular formula is C19H18N2O3. The first-order valence-electron chi connectivity index (χ1n) is 7.67. The van der Waals surface area contributed by atoms with Gasteiger partial charge in [0.25, 0.3) is 5.89 Å². The lowest BCUT2D eigenvalue weighted by Crippen LogP contribution is -2.07. The summed E-state index contributed by atoms with van der Waals surface area (Å²) in [4.78, 5) is 12.2. The average molecular weight is 322 g/mol. The highest BCUT2D eigenvalue weighted by Gasteiger charge is 2.14. The van der Waals surface area contributed by atoms with E-state index >= 15 is 0 Å². The fraction of sp³-hybridized carbons (Fsp3) is 0.211. The van der Waals surface area contributed by atoms with Gasteiger partial charge >= 0.3 is 5.97 Å². The number of ether oxygens (including phenoxy) is 1. The number of nitrogens with zero attached hydrogens (tertiary/aromatic N) is 2. The van der Waals surface area contributed by atoms with Gasteiger partial charge in [0.05, 0.1) is 5.56 Å². The quantitative estimate of drug-likeness (QED) is 0.679. The second kappa shape index (κ2) is 6.66. The number of carbonyl (C=O) groups excluding carboxylic acids is 1. The van der Waals surface area contributed by atoms with Crippen LogP contribution in [0.4, 0.5) is 0 Å². The van der Waals surface area contributed by atoms with Crippen LogP contribution in [0, 0.1) is 20.8 Å². The van der Waals surface area contributed by atoms with Crippen LogP contribution in [0.1, 0.15) is 32.9 Å². The van der Waals surface area contributed by atoms with Gasteiger partial charge in [-0.05, 0) is 44.5 Å². The molecule has 0 aliphatic rings. The summed E-state index contributed by atoms with van der Waals surface area (Å²) in [5.74, 6) is 0.285. The van der Waals surface area contributed by atoms with E-state index in [1.807, 2.05) is 63.2 Å². The molecule has 122 valence electrons. The highest BCUT2D eigenvalue weighted by molar-refractivity contribution is 5.91. The van der Waals surface area contributed by atoms with Gasteiger partial charge in [-0.25, -0.2) is 4.79 Å². The minimum Gasteiger partial charge on any atom is -0.452 e. The molecule has 0 saturated heterocycles. The van der Waals surface area contributed by atoms with Gasteiger partial charge in [-0.15, -0.1) is 10.2 Å². The Hall–Kier alpha value is -2.95. The first-order valence-corrected chi connectivity index (χ1v) is 7.67. The number of hydrogen-bond donors (Lipinski definition) is 0. The summed E-state index contributed by atoms with van der Waals surface area (Å²) >= 11 is 0. The molecule has 0 aliphatic carbocycles. The zero-order chi connectivity index (χ0) is 17.1. The molecule has 5 heteroatoms. The van der Waals surface area contributed by atoms with Crippen molar-refractivity contribution in [3.63, 3.8) is 0 Å². The first-order chi connectivity index (χ1) is 11.5. The van der Waals surface area contributed by atoms with Crippen molar-refractivity contribution >= 4 is 5.97 Å². The largest absolute Gasteiger partial charge is 0.452 e. The predicted octanol–water partition coefficient (Wildman–Crippen LogP) is 4.02. The number of benzene rings is 2. The van der Waals surface area contributed by atoms with E-state index in [2.05, 4.69) is 10.2 Å². The summed E-state index contributed by atoms with van der Waals surface area (Å²) in [6.07, 6.45) is 0. The van der Waals surface area contributed by atoms with E-state index in [4.69, 9.17) is 9.15 Å². The lowest BCUT2D eigenvalue weighted by atomic mass is 10.1. The van der Waals surface area contributed by atoms with E-state index in [1.165, 1.54) is 0 Å². The molecule has 0 aliphatic heterocycles. The number of esters is 1. The standard InChI is InChI=1S/C19H18N2O3/c1-12-5-4-6-15(9-12)18-21-20-17(24-18)11-23-19(22)16-10-13(2)7-8-14(16)3/h4-10H,11H2,1-3H3. The third-order valence-corrected chi connectivity index (χ3v) is 3.67. The molecule has 0 fully saturated rings. The fourth-order valence-corrected chi connectivity index (χ4v) is 2.37. The zero-order valence-electron chi connectivity index (χ0n) is 13.9. The maximum Gasteiger partial charge on any atom is 0.338 e. The molecule has 5 nitrogen and oxygen atoms in total. The molecule has 3 rings (SSSR count). The van der Waals surface area contributed by atoms with Crippen molar-refractivity contribution < 1.29 is 13.9 Å². The minimum absolute atomic E-state index is 0.0506. The normalized spacial score (nSPS) is 10.6. The van der Waals surface area contributed by atoms with Crippen molar-refractivity contribution in [1.82, 2.24) is 10.2 Å². The van der Waals surface area contributed by atoms with Crippen molar-refractivity contribution in [1.29, 1.82) is 0 Å². The maximum absolute atomic E-state index is 12.2. The molecule has 0 spiro atoms. The monoisotopic (exact) mass is 322 g/mol. The predicted molar refractivity (Wildman–Crippen MR) is 89.5 cm³/mol.